The Balaban J connectivity index is 2.26. The molecule has 2 heterocycles. The molecule has 1 aromatic heterocycles. The minimum Gasteiger partial charge on any atom is -0.349 e. The number of phosphoric ester groups is 2. The Morgan fingerprint density at radius 1 is 1.30 bits per heavy atom. The summed E-state index contributed by atoms with van der Waals surface area (Å²) in [4.78, 5) is 52.9. The number of rotatable bonds is 8. The van der Waals surface area contributed by atoms with Crippen molar-refractivity contribution in [1.82, 2.24) is 9.55 Å². The fraction of sp³-hybridized carbons (Fsp3) is 0.667. The third-order valence-electron chi connectivity index (χ3n) is 3.60. The molecule has 0 aliphatic carbocycles. The van der Waals surface area contributed by atoms with Gasteiger partial charge in [-0.1, -0.05) is 0 Å². The topological polar surface area (TPSA) is 187 Å². The minimum absolute atomic E-state index is 0.118. The van der Waals surface area contributed by atoms with Crippen molar-refractivity contribution in [2.45, 2.75) is 38.7 Å². The Morgan fingerprint density at radius 3 is 2.56 bits per heavy atom. The highest BCUT2D eigenvalue weighted by Gasteiger charge is 2.42. The Kier molecular flexibility index (Phi) is 6.96. The van der Waals surface area contributed by atoms with E-state index in [-0.39, 0.29) is 18.6 Å². The fourth-order valence-corrected chi connectivity index (χ4v) is 3.76. The van der Waals surface area contributed by atoms with Crippen LogP contribution in [0.1, 0.15) is 25.1 Å². The third kappa shape index (κ3) is 6.18. The number of nitrogens with zero attached hydrogens (tertiary/aromatic N) is 1. The molecule has 4 atom stereocenters. The first kappa shape index (κ1) is 22.2. The van der Waals surface area contributed by atoms with E-state index in [0.717, 1.165) is 4.57 Å². The van der Waals surface area contributed by atoms with Gasteiger partial charge in [0.2, 0.25) is 0 Å². The zero-order valence-electron chi connectivity index (χ0n) is 14.4. The molecule has 1 saturated heterocycles. The van der Waals surface area contributed by atoms with Crippen molar-refractivity contribution in [2.75, 3.05) is 13.2 Å². The van der Waals surface area contributed by atoms with Crippen LogP contribution in [0.25, 0.3) is 0 Å². The monoisotopic (exact) mass is 430 g/mol. The number of aryl methyl sites for hydroxylation is 1. The van der Waals surface area contributed by atoms with E-state index in [0.29, 0.717) is 0 Å². The van der Waals surface area contributed by atoms with E-state index in [9.17, 15) is 23.6 Å². The first-order chi connectivity index (χ1) is 12.4. The van der Waals surface area contributed by atoms with Crippen LogP contribution in [0.15, 0.2) is 15.8 Å². The number of hydrogen-bond donors (Lipinski definition) is 4. The molecule has 13 nitrogen and oxygen atoms in total. The average Bonchev–Trinajstić information content (AvgIpc) is 2.90. The summed E-state index contributed by atoms with van der Waals surface area (Å²) in [6.45, 7) is 2.14. The van der Waals surface area contributed by atoms with Gasteiger partial charge in [0.1, 0.15) is 18.4 Å². The minimum atomic E-state index is -4.84. The number of H-pyrrole nitrogens is 1. The Bertz CT molecular complexity index is 875. The summed E-state index contributed by atoms with van der Waals surface area (Å²) < 4.78 is 43.3. The van der Waals surface area contributed by atoms with E-state index in [1.807, 2.05) is 0 Å². The lowest BCUT2D eigenvalue weighted by Gasteiger charge is -2.20. The SMILES string of the molecule is CCOP(=O)(O)OC1CC(n2cc(C)c(=O)[nH]c2=O)OC1COP(=O)(O)O. The van der Waals surface area contributed by atoms with Gasteiger partial charge in [-0.2, -0.15) is 0 Å². The molecule has 1 aliphatic rings. The maximum atomic E-state index is 12.0. The standard InChI is InChI=1S/C12H20N2O11P2/c1-3-22-27(20,21)25-8-4-10(24-9(8)6-23-26(17,18)19)14-5-7(2)11(15)13-12(14)16/h5,8-10H,3-4,6H2,1-2H3,(H,20,21)(H,13,15,16)(H2,17,18,19). The van der Waals surface area contributed by atoms with Crippen molar-refractivity contribution in [2.24, 2.45) is 0 Å². The predicted octanol–water partition coefficient (Wildman–Crippen LogP) is -0.236. The molecule has 0 amide bonds. The van der Waals surface area contributed by atoms with Crippen LogP contribution in [0.5, 0.6) is 0 Å². The van der Waals surface area contributed by atoms with Gasteiger partial charge in [-0.25, -0.2) is 13.9 Å². The zero-order chi connectivity index (χ0) is 20.4. The summed E-state index contributed by atoms with van der Waals surface area (Å²) in [6, 6.07) is 0. The lowest BCUT2D eigenvalue weighted by atomic mass is 10.2. The van der Waals surface area contributed by atoms with E-state index >= 15 is 0 Å². The normalized spacial score (nSPS) is 25.4. The molecule has 0 bridgehead atoms. The van der Waals surface area contributed by atoms with Gasteiger partial charge >= 0.3 is 21.3 Å². The third-order valence-corrected chi connectivity index (χ3v) is 5.21. The molecule has 154 valence electrons. The zero-order valence-corrected chi connectivity index (χ0v) is 16.2. The molecule has 0 radical (unpaired) electrons. The average molecular weight is 430 g/mol. The molecule has 15 heteroatoms. The summed E-state index contributed by atoms with van der Waals surface area (Å²) in [5, 5.41) is 0. The van der Waals surface area contributed by atoms with Gasteiger partial charge in [0.05, 0.1) is 13.2 Å². The maximum Gasteiger partial charge on any atom is 0.472 e. The van der Waals surface area contributed by atoms with Crippen LogP contribution in [0.2, 0.25) is 0 Å². The summed E-state index contributed by atoms with van der Waals surface area (Å²) in [7, 11) is -9.30. The molecular weight excluding hydrogens is 410 g/mol. The van der Waals surface area contributed by atoms with E-state index in [1.54, 1.807) is 0 Å². The lowest BCUT2D eigenvalue weighted by Crippen LogP contribution is -2.33. The first-order valence-corrected chi connectivity index (χ1v) is 10.8. The molecule has 4 unspecified atom stereocenters. The molecule has 0 saturated carbocycles. The predicted molar refractivity (Wildman–Crippen MR) is 88.9 cm³/mol. The Hall–Kier alpha value is -1.14. The number of ether oxygens (including phenoxy) is 1. The number of hydrogen-bond acceptors (Lipinski definition) is 8. The van der Waals surface area contributed by atoms with Crippen LogP contribution in [0, 0.1) is 6.92 Å². The van der Waals surface area contributed by atoms with Crippen LogP contribution < -0.4 is 11.2 Å². The number of aromatic nitrogens is 2. The van der Waals surface area contributed by atoms with Crippen molar-refractivity contribution in [3.05, 3.63) is 32.6 Å². The highest BCUT2D eigenvalue weighted by Crippen LogP contribution is 2.48. The quantitative estimate of drug-likeness (QED) is 0.399. The van der Waals surface area contributed by atoms with Crippen molar-refractivity contribution >= 4 is 15.6 Å². The summed E-state index contributed by atoms with van der Waals surface area (Å²) in [5.74, 6) is 0. The molecule has 0 spiro atoms. The molecule has 27 heavy (non-hydrogen) atoms. The Morgan fingerprint density at radius 2 is 1.96 bits per heavy atom. The number of phosphoric acid groups is 2. The van der Waals surface area contributed by atoms with Crippen LogP contribution >= 0.6 is 15.6 Å². The van der Waals surface area contributed by atoms with Gasteiger partial charge in [0, 0.05) is 18.2 Å². The number of nitrogens with one attached hydrogen (secondary N) is 1. The molecule has 1 fully saturated rings. The molecule has 1 aliphatic heterocycles. The summed E-state index contributed by atoms with van der Waals surface area (Å²) in [5.41, 5.74) is -1.16. The first-order valence-electron chi connectivity index (χ1n) is 7.75. The van der Waals surface area contributed by atoms with Gasteiger partial charge in [0.15, 0.2) is 0 Å². The highest BCUT2D eigenvalue weighted by molar-refractivity contribution is 7.47. The van der Waals surface area contributed by atoms with E-state index in [1.165, 1.54) is 20.0 Å². The van der Waals surface area contributed by atoms with Crippen molar-refractivity contribution < 1.29 is 42.1 Å². The highest BCUT2D eigenvalue weighted by atomic mass is 31.2. The largest absolute Gasteiger partial charge is 0.472 e. The van der Waals surface area contributed by atoms with Gasteiger partial charge in [-0.15, -0.1) is 0 Å². The van der Waals surface area contributed by atoms with Gasteiger partial charge in [-0.05, 0) is 13.8 Å². The molecule has 4 N–H and O–H groups in total. The molecular formula is C12H20N2O11P2. The maximum absolute atomic E-state index is 12.0. The van der Waals surface area contributed by atoms with Crippen LogP contribution in [-0.4, -0.2) is 49.7 Å². The van der Waals surface area contributed by atoms with E-state index < -0.39 is 51.9 Å². The van der Waals surface area contributed by atoms with Crippen molar-refractivity contribution in [1.29, 1.82) is 0 Å². The fourth-order valence-electron chi connectivity index (χ4n) is 2.47. The van der Waals surface area contributed by atoms with Crippen molar-refractivity contribution in [3.63, 3.8) is 0 Å². The number of aromatic amines is 1. The Labute approximate surface area is 152 Å². The second-order valence-electron chi connectivity index (χ2n) is 5.66. The van der Waals surface area contributed by atoms with Gasteiger partial charge in [0.25, 0.3) is 5.56 Å². The van der Waals surface area contributed by atoms with E-state index in [2.05, 4.69) is 14.0 Å². The summed E-state index contributed by atoms with van der Waals surface area (Å²) in [6.07, 6.45) is -2.32. The van der Waals surface area contributed by atoms with Crippen molar-refractivity contribution in [3.8, 4) is 0 Å². The molecule has 1 aromatic rings. The van der Waals surface area contributed by atoms with Gasteiger partial charge < -0.3 is 19.4 Å². The molecule has 2 rings (SSSR count). The van der Waals surface area contributed by atoms with Crippen LogP contribution in [-0.2, 0) is 27.4 Å². The van der Waals surface area contributed by atoms with Crippen LogP contribution in [0.3, 0.4) is 0 Å². The van der Waals surface area contributed by atoms with Crippen LogP contribution in [0.4, 0.5) is 0 Å². The smallest absolute Gasteiger partial charge is 0.349 e. The lowest BCUT2D eigenvalue weighted by molar-refractivity contribution is -0.0454. The van der Waals surface area contributed by atoms with E-state index in [4.69, 9.17) is 19.0 Å². The van der Waals surface area contributed by atoms with Gasteiger partial charge in [-0.3, -0.25) is 27.9 Å². The second kappa shape index (κ2) is 8.48. The summed E-state index contributed by atoms with van der Waals surface area (Å²) >= 11 is 0. The molecule has 0 aromatic carbocycles. The second-order valence-corrected chi connectivity index (χ2v) is 8.31.